The Morgan fingerprint density at radius 3 is 2.24 bits per heavy atom. The van der Waals surface area contributed by atoms with Crippen LogP contribution in [0.15, 0.2) is 35.2 Å². The lowest BCUT2D eigenvalue weighted by Crippen LogP contribution is -2.05. The summed E-state index contributed by atoms with van der Waals surface area (Å²) in [6.07, 6.45) is 0. The molecule has 3 nitrogen and oxygen atoms in total. The van der Waals surface area contributed by atoms with Crippen LogP contribution in [0.5, 0.6) is 5.75 Å². The summed E-state index contributed by atoms with van der Waals surface area (Å²) >= 11 is 0. The molecule has 2 N–H and O–H groups in total. The second kappa shape index (κ2) is 6.17. The highest BCUT2D eigenvalue weighted by molar-refractivity contribution is 7.84. The molecule has 0 aromatic heterocycles. The normalized spacial score (nSPS) is 12.2. The van der Waals surface area contributed by atoms with Gasteiger partial charge < -0.3 is 10.5 Å². The van der Waals surface area contributed by atoms with Crippen molar-refractivity contribution < 1.29 is 22.1 Å². The van der Waals surface area contributed by atoms with Crippen molar-refractivity contribution in [1.29, 1.82) is 0 Å². The van der Waals surface area contributed by atoms with Gasteiger partial charge in [0, 0.05) is 17.3 Å². The van der Waals surface area contributed by atoms with Gasteiger partial charge in [0.15, 0.2) is 0 Å². The summed E-state index contributed by atoms with van der Waals surface area (Å²) in [5.41, 5.74) is 5.25. The third-order valence-electron chi connectivity index (χ3n) is 2.80. The van der Waals surface area contributed by atoms with Crippen LogP contribution < -0.4 is 10.5 Å². The van der Waals surface area contributed by atoms with Gasteiger partial charge in [-0.1, -0.05) is 6.07 Å². The van der Waals surface area contributed by atoms with Crippen LogP contribution in [-0.4, -0.2) is 11.3 Å². The van der Waals surface area contributed by atoms with Gasteiger partial charge in [-0.3, -0.25) is 4.21 Å². The second-order valence-electron chi connectivity index (χ2n) is 4.26. The molecule has 0 fully saturated rings. The number of anilines is 1. The predicted octanol–water partition coefficient (Wildman–Crippen LogP) is 3.00. The monoisotopic (exact) mass is 315 g/mol. The van der Waals surface area contributed by atoms with Crippen LogP contribution >= 0.6 is 0 Å². The molecule has 112 valence electrons. The fourth-order valence-corrected chi connectivity index (χ4v) is 3.00. The molecule has 2 rings (SSSR count). The highest BCUT2D eigenvalue weighted by atomic mass is 32.2. The number of hydrogen-bond acceptors (Lipinski definition) is 3. The van der Waals surface area contributed by atoms with E-state index in [0.717, 1.165) is 18.2 Å². The molecule has 0 aliphatic heterocycles. The van der Waals surface area contributed by atoms with Crippen molar-refractivity contribution in [2.24, 2.45) is 0 Å². The van der Waals surface area contributed by atoms with Crippen LogP contribution in [0.3, 0.4) is 0 Å². The molecule has 21 heavy (non-hydrogen) atoms. The van der Waals surface area contributed by atoms with E-state index in [1.54, 1.807) is 0 Å². The topological polar surface area (TPSA) is 52.3 Å². The number of ether oxygens (including phenoxy) is 1. The number of halogens is 3. The SMILES string of the molecule is COc1ccc(CS(=O)c2c(F)cc(N)cc2F)c(F)c1. The average molecular weight is 315 g/mol. The van der Waals surface area contributed by atoms with Gasteiger partial charge in [-0.05, 0) is 18.2 Å². The van der Waals surface area contributed by atoms with Crippen molar-refractivity contribution in [2.45, 2.75) is 10.6 Å². The zero-order chi connectivity index (χ0) is 15.6. The molecule has 0 aliphatic rings. The summed E-state index contributed by atoms with van der Waals surface area (Å²) in [7, 11) is -0.690. The van der Waals surface area contributed by atoms with E-state index in [2.05, 4.69) is 0 Å². The third-order valence-corrected chi connectivity index (χ3v) is 4.21. The van der Waals surface area contributed by atoms with Crippen molar-refractivity contribution >= 4 is 16.5 Å². The zero-order valence-corrected chi connectivity index (χ0v) is 11.8. The highest BCUT2D eigenvalue weighted by Crippen LogP contribution is 2.24. The highest BCUT2D eigenvalue weighted by Gasteiger charge is 2.18. The summed E-state index contributed by atoms with van der Waals surface area (Å²) in [6.45, 7) is 0. The van der Waals surface area contributed by atoms with E-state index in [-0.39, 0.29) is 17.0 Å². The number of nitrogens with two attached hydrogens (primary N) is 1. The summed E-state index contributed by atoms with van der Waals surface area (Å²) in [4.78, 5) is -0.612. The predicted molar refractivity (Wildman–Crippen MR) is 73.8 cm³/mol. The Morgan fingerprint density at radius 1 is 1.10 bits per heavy atom. The number of benzene rings is 2. The summed E-state index contributed by atoms with van der Waals surface area (Å²) < 4.78 is 58.0. The van der Waals surface area contributed by atoms with Gasteiger partial charge >= 0.3 is 0 Å². The Kier molecular flexibility index (Phi) is 4.52. The molecule has 1 atom stereocenters. The number of methoxy groups -OCH3 is 1. The molecule has 0 spiro atoms. The molecule has 0 heterocycles. The van der Waals surface area contributed by atoms with E-state index in [1.165, 1.54) is 19.2 Å². The van der Waals surface area contributed by atoms with Crippen molar-refractivity contribution in [2.75, 3.05) is 12.8 Å². The van der Waals surface area contributed by atoms with Crippen molar-refractivity contribution in [3.05, 3.63) is 53.3 Å². The first kappa shape index (κ1) is 15.4. The van der Waals surface area contributed by atoms with Gasteiger partial charge in [0.05, 0.1) is 23.7 Å². The molecular weight excluding hydrogens is 303 g/mol. The first-order valence-electron chi connectivity index (χ1n) is 5.87. The molecular formula is C14H12F3NO2S. The Balaban J connectivity index is 2.30. The Hall–Kier alpha value is -2.02. The lowest BCUT2D eigenvalue weighted by Gasteiger charge is -2.08. The molecule has 2 aromatic rings. The molecule has 0 amide bonds. The van der Waals surface area contributed by atoms with E-state index in [9.17, 15) is 17.4 Å². The molecule has 0 bridgehead atoms. The maximum absolute atomic E-state index is 13.8. The van der Waals surface area contributed by atoms with Gasteiger partial charge in [0.25, 0.3) is 0 Å². The Morgan fingerprint density at radius 2 is 1.71 bits per heavy atom. The van der Waals surface area contributed by atoms with Gasteiger partial charge in [0.1, 0.15) is 28.1 Å². The summed E-state index contributed by atoms with van der Waals surface area (Å²) in [6, 6.07) is 5.70. The van der Waals surface area contributed by atoms with Crippen LogP contribution in [0, 0.1) is 17.5 Å². The van der Waals surface area contributed by atoms with E-state index in [4.69, 9.17) is 10.5 Å². The molecule has 1 unspecified atom stereocenters. The fraction of sp³-hybridized carbons (Fsp3) is 0.143. The van der Waals surface area contributed by atoms with Crippen molar-refractivity contribution in [3.63, 3.8) is 0 Å². The minimum atomic E-state index is -2.07. The minimum absolute atomic E-state index is 0.0739. The van der Waals surface area contributed by atoms with Crippen LogP contribution in [0.2, 0.25) is 0 Å². The molecule has 0 radical (unpaired) electrons. The molecule has 0 saturated heterocycles. The van der Waals surface area contributed by atoms with E-state index >= 15 is 0 Å². The van der Waals surface area contributed by atoms with Crippen LogP contribution in [0.25, 0.3) is 0 Å². The third kappa shape index (κ3) is 3.36. The number of hydrogen-bond donors (Lipinski definition) is 1. The Bertz CT molecular complexity index is 684. The largest absolute Gasteiger partial charge is 0.497 e. The molecule has 2 aromatic carbocycles. The van der Waals surface area contributed by atoms with Crippen molar-refractivity contribution in [3.8, 4) is 5.75 Å². The van der Waals surface area contributed by atoms with Crippen LogP contribution in [0.4, 0.5) is 18.9 Å². The van der Waals surface area contributed by atoms with Gasteiger partial charge in [-0.2, -0.15) is 0 Å². The van der Waals surface area contributed by atoms with E-state index in [0.29, 0.717) is 5.75 Å². The quantitative estimate of drug-likeness (QED) is 0.883. The summed E-state index contributed by atoms with van der Waals surface area (Å²) in [5.74, 6) is -2.74. The lowest BCUT2D eigenvalue weighted by atomic mass is 10.2. The fourth-order valence-electron chi connectivity index (χ4n) is 1.78. The first-order chi connectivity index (χ1) is 9.92. The molecule has 7 heteroatoms. The summed E-state index contributed by atoms with van der Waals surface area (Å²) in [5, 5.41) is 0. The number of nitrogen functional groups attached to an aromatic ring is 1. The lowest BCUT2D eigenvalue weighted by molar-refractivity contribution is 0.411. The van der Waals surface area contributed by atoms with Crippen molar-refractivity contribution in [1.82, 2.24) is 0 Å². The molecule has 0 aliphatic carbocycles. The van der Waals surface area contributed by atoms with Gasteiger partial charge in [-0.15, -0.1) is 0 Å². The minimum Gasteiger partial charge on any atom is -0.497 e. The number of rotatable bonds is 4. The van der Waals surface area contributed by atoms with E-state index in [1.807, 2.05) is 0 Å². The van der Waals surface area contributed by atoms with E-state index < -0.39 is 33.1 Å². The standard InChI is InChI=1S/C14H12F3NO2S/c1-20-10-3-2-8(11(15)6-10)7-21(19)14-12(16)4-9(18)5-13(14)17/h2-6H,7,18H2,1H3. The average Bonchev–Trinajstić information content (AvgIpc) is 2.39. The maximum atomic E-state index is 13.8. The molecule has 0 saturated carbocycles. The maximum Gasteiger partial charge on any atom is 0.144 e. The van der Waals surface area contributed by atoms with Crippen LogP contribution in [0.1, 0.15) is 5.56 Å². The second-order valence-corrected chi connectivity index (χ2v) is 5.65. The zero-order valence-electron chi connectivity index (χ0n) is 11.0. The Labute approximate surface area is 122 Å². The smallest absolute Gasteiger partial charge is 0.144 e. The first-order valence-corrected chi connectivity index (χ1v) is 7.19. The van der Waals surface area contributed by atoms with Gasteiger partial charge in [0.2, 0.25) is 0 Å². The van der Waals surface area contributed by atoms with Gasteiger partial charge in [-0.25, -0.2) is 13.2 Å². The van der Waals surface area contributed by atoms with Crippen LogP contribution in [-0.2, 0) is 16.6 Å².